The van der Waals surface area contributed by atoms with Crippen LogP contribution in [0.2, 0.25) is 0 Å². The van der Waals surface area contributed by atoms with Gasteiger partial charge in [0.2, 0.25) is 11.7 Å². The van der Waals surface area contributed by atoms with Gasteiger partial charge in [-0.25, -0.2) is 0 Å². The van der Waals surface area contributed by atoms with Crippen LogP contribution in [0.5, 0.6) is 17.2 Å². The van der Waals surface area contributed by atoms with Crippen LogP contribution in [0.25, 0.3) is 6.08 Å². The number of rotatable bonds is 9. The SMILES string of the molecule is CCN(CC)C(CNC(=O)/C=C/c1cc(OC)c2c(c1)OCCO2)c1ccsc1. The number of ether oxygens (including phenoxy) is 3. The molecule has 0 aliphatic carbocycles. The molecule has 1 aliphatic rings. The van der Waals surface area contributed by atoms with Crippen LogP contribution in [-0.4, -0.2) is 50.8 Å². The Morgan fingerprint density at radius 1 is 1.31 bits per heavy atom. The normalized spacial score (nSPS) is 14.2. The maximum atomic E-state index is 12.4. The van der Waals surface area contributed by atoms with E-state index in [1.54, 1.807) is 24.5 Å². The van der Waals surface area contributed by atoms with E-state index in [0.717, 1.165) is 18.7 Å². The molecule has 29 heavy (non-hydrogen) atoms. The minimum atomic E-state index is -0.133. The fourth-order valence-corrected chi connectivity index (χ4v) is 4.11. The maximum absolute atomic E-state index is 12.4. The summed E-state index contributed by atoms with van der Waals surface area (Å²) in [4.78, 5) is 14.8. The first-order chi connectivity index (χ1) is 14.2. The monoisotopic (exact) mass is 416 g/mol. The number of thiophene rings is 1. The van der Waals surface area contributed by atoms with Crippen molar-refractivity contribution in [2.75, 3.05) is 40.0 Å². The summed E-state index contributed by atoms with van der Waals surface area (Å²) in [5, 5.41) is 7.25. The van der Waals surface area contributed by atoms with Crippen molar-refractivity contribution >= 4 is 23.3 Å². The zero-order valence-corrected chi connectivity index (χ0v) is 18.0. The minimum Gasteiger partial charge on any atom is -0.493 e. The molecule has 1 unspecified atom stereocenters. The zero-order valence-electron chi connectivity index (χ0n) is 17.1. The molecule has 7 heteroatoms. The lowest BCUT2D eigenvalue weighted by molar-refractivity contribution is -0.116. The number of carbonyl (C=O) groups is 1. The molecular formula is C22H28N2O4S. The van der Waals surface area contributed by atoms with E-state index in [4.69, 9.17) is 14.2 Å². The number of benzene rings is 1. The van der Waals surface area contributed by atoms with Crippen molar-refractivity contribution in [3.05, 3.63) is 46.2 Å². The van der Waals surface area contributed by atoms with Crippen LogP contribution in [0.4, 0.5) is 0 Å². The first-order valence-electron chi connectivity index (χ1n) is 9.85. The molecule has 0 spiro atoms. The Bertz CT molecular complexity index is 814. The molecular weight excluding hydrogens is 388 g/mol. The highest BCUT2D eigenvalue weighted by Crippen LogP contribution is 2.40. The van der Waals surface area contributed by atoms with Crippen LogP contribution < -0.4 is 19.5 Å². The van der Waals surface area contributed by atoms with Gasteiger partial charge in [-0.3, -0.25) is 9.69 Å². The molecule has 1 atom stereocenters. The number of nitrogens with one attached hydrogen (secondary N) is 1. The number of likely N-dealkylation sites (N-methyl/N-ethyl adjacent to an activating group) is 1. The van der Waals surface area contributed by atoms with Crippen LogP contribution in [0, 0.1) is 0 Å². The summed E-state index contributed by atoms with van der Waals surface area (Å²) in [5.41, 5.74) is 2.05. The van der Waals surface area contributed by atoms with Gasteiger partial charge >= 0.3 is 0 Å². The quantitative estimate of drug-likeness (QED) is 0.631. The second-order valence-corrected chi connectivity index (χ2v) is 7.40. The smallest absolute Gasteiger partial charge is 0.244 e. The number of hydrogen-bond donors (Lipinski definition) is 1. The van der Waals surface area contributed by atoms with E-state index >= 15 is 0 Å². The predicted molar refractivity (Wildman–Crippen MR) is 116 cm³/mol. The minimum absolute atomic E-state index is 0.133. The van der Waals surface area contributed by atoms with Crippen LogP contribution in [0.1, 0.15) is 31.0 Å². The Hall–Kier alpha value is -2.51. The molecule has 0 saturated heterocycles. The predicted octanol–water partition coefficient (Wildman–Crippen LogP) is 3.74. The molecule has 1 aromatic carbocycles. The Morgan fingerprint density at radius 3 is 2.79 bits per heavy atom. The zero-order chi connectivity index (χ0) is 20.6. The Kier molecular flexibility index (Phi) is 7.55. The Labute approximate surface area is 176 Å². The van der Waals surface area contributed by atoms with Crippen LogP contribution in [0.15, 0.2) is 35.0 Å². The summed E-state index contributed by atoms with van der Waals surface area (Å²) < 4.78 is 16.6. The summed E-state index contributed by atoms with van der Waals surface area (Å²) in [5.74, 6) is 1.71. The van der Waals surface area contributed by atoms with E-state index in [-0.39, 0.29) is 11.9 Å². The standard InChI is InChI=1S/C22H28N2O4S/c1-4-24(5-2)18(17-8-11-29-15-17)14-23-21(25)7-6-16-12-19(26-3)22-20(13-16)27-9-10-28-22/h6-8,11-13,15,18H,4-5,9-10,14H2,1-3H3,(H,23,25)/b7-6+. The van der Waals surface area contributed by atoms with Gasteiger partial charge in [-0.15, -0.1) is 0 Å². The molecule has 2 heterocycles. The highest BCUT2D eigenvalue weighted by Gasteiger charge is 2.19. The second-order valence-electron chi connectivity index (χ2n) is 6.62. The molecule has 1 aromatic heterocycles. The van der Waals surface area contributed by atoms with Gasteiger partial charge in [-0.1, -0.05) is 13.8 Å². The van der Waals surface area contributed by atoms with Crippen molar-refractivity contribution in [3.8, 4) is 17.2 Å². The molecule has 1 N–H and O–H groups in total. The molecule has 0 fully saturated rings. The van der Waals surface area contributed by atoms with Gasteiger partial charge in [-0.05, 0) is 59.3 Å². The van der Waals surface area contributed by atoms with Crippen molar-refractivity contribution in [1.29, 1.82) is 0 Å². The molecule has 1 amide bonds. The van der Waals surface area contributed by atoms with Gasteiger partial charge in [0.05, 0.1) is 13.2 Å². The number of amides is 1. The van der Waals surface area contributed by atoms with Gasteiger partial charge in [-0.2, -0.15) is 11.3 Å². The van der Waals surface area contributed by atoms with Gasteiger partial charge < -0.3 is 19.5 Å². The summed E-state index contributed by atoms with van der Waals surface area (Å²) in [7, 11) is 1.59. The third-order valence-electron chi connectivity index (χ3n) is 4.93. The van der Waals surface area contributed by atoms with E-state index in [0.29, 0.717) is 37.0 Å². The lowest BCUT2D eigenvalue weighted by atomic mass is 10.1. The Morgan fingerprint density at radius 2 is 2.10 bits per heavy atom. The van der Waals surface area contributed by atoms with Crippen molar-refractivity contribution in [2.45, 2.75) is 19.9 Å². The molecule has 156 valence electrons. The number of methoxy groups -OCH3 is 1. The first kappa shape index (κ1) is 21.2. The first-order valence-corrected chi connectivity index (χ1v) is 10.8. The highest BCUT2D eigenvalue weighted by molar-refractivity contribution is 7.07. The van der Waals surface area contributed by atoms with E-state index in [2.05, 4.69) is 40.9 Å². The Balaban J connectivity index is 1.66. The molecule has 3 rings (SSSR count). The largest absolute Gasteiger partial charge is 0.493 e. The number of carbonyl (C=O) groups excluding carboxylic acids is 1. The van der Waals surface area contributed by atoms with Crippen LogP contribution in [-0.2, 0) is 4.79 Å². The van der Waals surface area contributed by atoms with Crippen LogP contribution >= 0.6 is 11.3 Å². The fraction of sp³-hybridized carbons (Fsp3) is 0.409. The summed E-state index contributed by atoms with van der Waals surface area (Å²) >= 11 is 1.68. The lowest BCUT2D eigenvalue weighted by Crippen LogP contribution is -2.37. The van der Waals surface area contributed by atoms with Crippen molar-refractivity contribution in [3.63, 3.8) is 0 Å². The second kappa shape index (κ2) is 10.3. The highest BCUT2D eigenvalue weighted by atomic mass is 32.1. The third kappa shape index (κ3) is 5.31. The van der Waals surface area contributed by atoms with Gasteiger partial charge in [0, 0.05) is 12.6 Å². The van der Waals surface area contributed by atoms with E-state index in [1.807, 2.05) is 12.1 Å². The molecule has 0 bridgehead atoms. The van der Waals surface area contributed by atoms with E-state index in [9.17, 15) is 4.79 Å². The summed E-state index contributed by atoms with van der Waals surface area (Å²) in [6.07, 6.45) is 3.30. The average Bonchev–Trinajstić information content (AvgIpc) is 3.29. The van der Waals surface area contributed by atoms with E-state index < -0.39 is 0 Å². The topological polar surface area (TPSA) is 60.0 Å². The molecule has 0 radical (unpaired) electrons. The van der Waals surface area contributed by atoms with Crippen molar-refractivity contribution in [1.82, 2.24) is 10.2 Å². The maximum Gasteiger partial charge on any atom is 0.244 e. The average molecular weight is 417 g/mol. The van der Waals surface area contributed by atoms with Gasteiger partial charge in [0.1, 0.15) is 13.2 Å². The summed E-state index contributed by atoms with van der Waals surface area (Å²) in [6.45, 7) is 7.70. The number of nitrogens with zero attached hydrogens (tertiary/aromatic N) is 1. The lowest BCUT2D eigenvalue weighted by Gasteiger charge is -2.29. The van der Waals surface area contributed by atoms with Gasteiger partial charge in [0.25, 0.3) is 0 Å². The van der Waals surface area contributed by atoms with Crippen molar-refractivity contribution in [2.24, 2.45) is 0 Å². The van der Waals surface area contributed by atoms with E-state index in [1.165, 1.54) is 11.6 Å². The molecule has 2 aromatic rings. The molecule has 0 saturated carbocycles. The van der Waals surface area contributed by atoms with Crippen molar-refractivity contribution < 1.29 is 19.0 Å². The molecule has 1 aliphatic heterocycles. The summed E-state index contributed by atoms with van der Waals surface area (Å²) in [6, 6.07) is 5.98. The number of fused-ring (bicyclic) bond motifs is 1. The fourth-order valence-electron chi connectivity index (χ4n) is 3.40. The molecule has 6 nitrogen and oxygen atoms in total. The van der Waals surface area contributed by atoms with Crippen LogP contribution in [0.3, 0.4) is 0 Å². The van der Waals surface area contributed by atoms with Gasteiger partial charge in [0.15, 0.2) is 11.5 Å². The number of hydrogen-bond acceptors (Lipinski definition) is 6. The third-order valence-corrected chi connectivity index (χ3v) is 5.63.